The zero-order valence-corrected chi connectivity index (χ0v) is 17.8. The molecule has 0 amide bonds. The van der Waals surface area contributed by atoms with Crippen LogP contribution in [0.15, 0.2) is 30.7 Å². The maximum Gasteiger partial charge on any atom is 0.408 e. The number of ether oxygens (including phenoxy) is 1. The summed E-state index contributed by atoms with van der Waals surface area (Å²) in [6, 6.07) is 3.92. The molecular weight excluding hydrogens is 431 g/mol. The fourth-order valence-corrected chi connectivity index (χ4v) is 4.95. The topological polar surface area (TPSA) is 48.1 Å². The van der Waals surface area contributed by atoms with Crippen molar-refractivity contribution in [2.45, 2.75) is 43.9 Å². The monoisotopic (exact) mass is 453 g/mol. The predicted molar refractivity (Wildman–Crippen MR) is 111 cm³/mol. The number of hydrogen-bond acceptors (Lipinski definition) is 4. The Hall–Kier alpha value is -2.10. The van der Waals surface area contributed by atoms with Crippen molar-refractivity contribution in [3.8, 4) is 5.69 Å². The lowest BCUT2D eigenvalue weighted by atomic mass is 9.86. The Morgan fingerprint density at radius 1 is 1.16 bits per heavy atom. The van der Waals surface area contributed by atoms with Gasteiger partial charge in [0.1, 0.15) is 12.2 Å². The first kappa shape index (κ1) is 20.8. The minimum atomic E-state index is -4.33. The molecule has 0 aliphatic carbocycles. The third-order valence-corrected chi connectivity index (χ3v) is 6.74. The minimum Gasteiger partial charge on any atom is -0.377 e. The summed E-state index contributed by atoms with van der Waals surface area (Å²) in [6.45, 7) is 4.65. The van der Waals surface area contributed by atoms with Gasteiger partial charge < -0.3 is 4.74 Å². The van der Waals surface area contributed by atoms with Crippen molar-refractivity contribution in [3.63, 3.8) is 0 Å². The Morgan fingerprint density at radius 2 is 1.90 bits per heavy atom. The molecule has 2 aromatic heterocycles. The summed E-state index contributed by atoms with van der Waals surface area (Å²) in [7, 11) is 0. The van der Waals surface area contributed by atoms with Gasteiger partial charge in [-0.25, -0.2) is 4.68 Å². The lowest BCUT2D eigenvalue weighted by Gasteiger charge is -2.50. The second-order valence-corrected chi connectivity index (χ2v) is 9.16. The molecule has 166 valence electrons. The second-order valence-electron chi connectivity index (χ2n) is 8.75. The van der Waals surface area contributed by atoms with Crippen LogP contribution in [0.4, 0.5) is 13.2 Å². The molecule has 0 bridgehead atoms. The average molecular weight is 454 g/mol. The van der Waals surface area contributed by atoms with E-state index in [0.29, 0.717) is 16.6 Å². The van der Waals surface area contributed by atoms with E-state index < -0.39 is 12.7 Å². The van der Waals surface area contributed by atoms with Crippen molar-refractivity contribution >= 4 is 22.5 Å². The van der Waals surface area contributed by atoms with Gasteiger partial charge in [0.25, 0.3) is 0 Å². The number of halogens is 4. The molecule has 0 spiro atoms. The molecule has 2 aliphatic rings. The van der Waals surface area contributed by atoms with Gasteiger partial charge in [-0.05, 0) is 56.5 Å². The average Bonchev–Trinajstić information content (AvgIpc) is 3.30. The molecule has 6 nitrogen and oxygen atoms in total. The van der Waals surface area contributed by atoms with E-state index in [1.54, 1.807) is 10.9 Å². The first-order valence-electron chi connectivity index (χ1n) is 10.3. The summed E-state index contributed by atoms with van der Waals surface area (Å²) in [5.41, 5.74) is 2.51. The van der Waals surface area contributed by atoms with Crippen LogP contribution in [0.3, 0.4) is 0 Å². The van der Waals surface area contributed by atoms with Crippen molar-refractivity contribution < 1.29 is 17.9 Å². The van der Waals surface area contributed by atoms with Crippen molar-refractivity contribution in [2.75, 3.05) is 26.3 Å². The van der Waals surface area contributed by atoms with Gasteiger partial charge >= 0.3 is 6.18 Å². The summed E-state index contributed by atoms with van der Waals surface area (Å²) in [5, 5.41) is 9.75. The van der Waals surface area contributed by atoms with E-state index in [4.69, 9.17) is 16.3 Å². The smallest absolute Gasteiger partial charge is 0.377 e. The Labute approximate surface area is 182 Å². The summed E-state index contributed by atoms with van der Waals surface area (Å²) in [4.78, 5) is 2.50. The van der Waals surface area contributed by atoms with E-state index in [1.165, 1.54) is 12.4 Å². The molecule has 2 saturated heterocycles. The first-order valence-corrected chi connectivity index (χ1v) is 10.7. The molecule has 1 aromatic carbocycles. The third kappa shape index (κ3) is 3.94. The molecule has 4 heterocycles. The number of rotatable bonds is 4. The number of hydrogen-bond donors (Lipinski definition) is 0. The molecule has 2 aliphatic heterocycles. The number of fused-ring (bicyclic) bond motifs is 1. The number of alkyl halides is 3. The maximum atomic E-state index is 12.7. The SMILES string of the molecule is CC1(N2CCC(c3cc4c(cnn4-c4cnn(CC(F)(F)F)c4)cc3Cl)CC2)COC1. The standard InChI is InChI=1S/C21H23ClF3N5O/c1-20(12-31-13-20)28-4-2-14(3-5-28)17-7-19-15(6-18(17)22)8-27-30(19)16-9-26-29(10-16)11-21(23,24)25/h6-10,14H,2-5,11-13H2,1H3. The molecule has 0 radical (unpaired) electrons. The van der Waals surface area contributed by atoms with Crippen LogP contribution < -0.4 is 0 Å². The van der Waals surface area contributed by atoms with Crippen molar-refractivity contribution in [3.05, 3.63) is 41.3 Å². The Bertz CT molecular complexity index is 1100. The highest BCUT2D eigenvalue weighted by molar-refractivity contribution is 6.32. The highest BCUT2D eigenvalue weighted by Crippen LogP contribution is 2.38. The zero-order valence-electron chi connectivity index (χ0n) is 17.1. The van der Waals surface area contributed by atoms with Crippen LogP contribution in [0.5, 0.6) is 0 Å². The molecule has 2 fully saturated rings. The normalized spacial score (nSPS) is 20.3. The highest BCUT2D eigenvalue weighted by Gasteiger charge is 2.41. The Morgan fingerprint density at radius 3 is 2.55 bits per heavy atom. The molecule has 10 heteroatoms. The highest BCUT2D eigenvalue weighted by atomic mass is 35.5. The molecular formula is C21H23ClF3N5O. The van der Waals surface area contributed by atoms with Crippen LogP contribution in [0, 0.1) is 0 Å². The van der Waals surface area contributed by atoms with Gasteiger partial charge in [-0.15, -0.1) is 0 Å². The Balaban J connectivity index is 1.40. The van der Waals surface area contributed by atoms with E-state index >= 15 is 0 Å². The van der Waals surface area contributed by atoms with Crippen LogP contribution in [-0.2, 0) is 11.3 Å². The fraction of sp³-hybridized carbons (Fsp3) is 0.524. The van der Waals surface area contributed by atoms with Gasteiger partial charge in [-0.3, -0.25) is 9.58 Å². The largest absolute Gasteiger partial charge is 0.408 e. The first-order chi connectivity index (χ1) is 14.7. The van der Waals surface area contributed by atoms with Crippen LogP contribution in [0.25, 0.3) is 16.6 Å². The second kappa shape index (κ2) is 7.50. The number of likely N-dealkylation sites (tertiary alicyclic amines) is 1. The third-order valence-electron chi connectivity index (χ3n) is 6.42. The van der Waals surface area contributed by atoms with E-state index in [2.05, 4.69) is 22.0 Å². The zero-order chi connectivity index (χ0) is 21.8. The predicted octanol–water partition coefficient (Wildman–Crippen LogP) is 4.41. The number of nitrogens with zero attached hydrogens (tertiary/aromatic N) is 5. The van der Waals surface area contributed by atoms with Gasteiger partial charge in [0, 0.05) is 10.4 Å². The minimum absolute atomic E-state index is 0.147. The lowest BCUT2D eigenvalue weighted by molar-refractivity contribution is -0.142. The number of benzene rings is 1. The molecule has 31 heavy (non-hydrogen) atoms. The number of piperidine rings is 1. The van der Waals surface area contributed by atoms with Gasteiger partial charge in [0.05, 0.1) is 42.9 Å². The van der Waals surface area contributed by atoms with Gasteiger partial charge in [-0.1, -0.05) is 11.6 Å². The van der Waals surface area contributed by atoms with Gasteiger partial charge in [0.2, 0.25) is 0 Å². The van der Waals surface area contributed by atoms with E-state index in [9.17, 15) is 13.2 Å². The van der Waals surface area contributed by atoms with E-state index in [1.807, 2.05) is 12.1 Å². The van der Waals surface area contributed by atoms with Gasteiger partial charge in [-0.2, -0.15) is 23.4 Å². The quantitative estimate of drug-likeness (QED) is 0.587. The molecule has 0 saturated carbocycles. The molecule has 3 aromatic rings. The fourth-order valence-electron chi connectivity index (χ4n) is 4.62. The summed E-state index contributed by atoms with van der Waals surface area (Å²) >= 11 is 6.62. The Kier molecular flexibility index (Phi) is 5.02. The van der Waals surface area contributed by atoms with Crippen molar-refractivity contribution in [2.24, 2.45) is 0 Å². The van der Waals surface area contributed by atoms with Gasteiger partial charge in [0.15, 0.2) is 0 Å². The molecule has 0 unspecified atom stereocenters. The summed E-state index contributed by atoms with van der Waals surface area (Å²) in [6.07, 6.45) is 2.09. The summed E-state index contributed by atoms with van der Waals surface area (Å²) in [5.74, 6) is 0.328. The van der Waals surface area contributed by atoms with Crippen LogP contribution in [-0.4, -0.2) is 62.5 Å². The van der Waals surface area contributed by atoms with E-state index in [0.717, 1.165) is 60.3 Å². The van der Waals surface area contributed by atoms with Crippen molar-refractivity contribution in [1.29, 1.82) is 0 Å². The molecule has 5 rings (SSSR count). The van der Waals surface area contributed by atoms with Crippen LogP contribution in [0.1, 0.15) is 31.2 Å². The maximum absolute atomic E-state index is 12.7. The number of aromatic nitrogens is 4. The summed E-state index contributed by atoms with van der Waals surface area (Å²) < 4.78 is 45.9. The van der Waals surface area contributed by atoms with Crippen LogP contribution in [0.2, 0.25) is 5.02 Å². The van der Waals surface area contributed by atoms with E-state index in [-0.39, 0.29) is 5.54 Å². The molecule has 0 N–H and O–H groups in total. The lowest BCUT2D eigenvalue weighted by Crippen LogP contribution is -2.61. The van der Waals surface area contributed by atoms with Crippen molar-refractivity contribution in [1.82, 2.24) is 24.5 Å². The van der Waals surface area contributed by atoms with Crippen LogP contribution >= 0.6 is 11.6 Å². The molecule has 0 atom stereocenters.